The predicted molar refractivity (Wildman–Crippen MR) is 71.8 cm³/mol. The maximum Gasteiger partial charge on any atom is 0.0209 e. The molecule has 0 amide bonds. The second kappa shape index (κ2) is 6.84. The van der Waals surface area contributed by atoms with Crippen LogP contribution in [0.3, 0.4) is 0 Å². The van der Waals surface area contributed by atoms with Gasteiger partial charge >= 0.3 is 0 Å². The Labute approximate surface area is 102 Å². The molecule has 0 bridgehead atoms. The third-order valence-electron chi connectivity index (χ3n) is 2.61. The van der Waals surface area contributed by atoms with Crippen molar-refractivity contribution in [3.05, 3.63) is 47.5 Å². The Kier molecular flexibility index (Phi) is 5.70. The lowest BCUT2D eigenvalue weighted by Crippen LogP contribution is -2.01. The lowest BCUT2D eigenvalue weighted by molar-refractivity contribution is 0.685. The summed E-state index contributed by atoms with van der Waals surface area (Å²) < 4.78 is 0. The van der Waals surface area contributed by atoms with Gasteiger partial charge in [0.05, 0.1) is 0 Å². The van der Waals surface area contributed by atoms with Gasteiger partial charge in [-0.15, -0.1) is 6.58 Å². The zero-order valence-corrected chi connectivity index (χ0v) is 11.0. The third-order valence-corrected chi connectivity index (χ3v) is 3.07. The summed E-state index contributed by atoms with van der Waals surface area (Å²) in [6.07, 6.45) is 7.17. The molecular weight excluding hydrogens is 248 g/mol. The number of hydrogen-bond donors (Lipinski definition) is 0. The number of allylic oxidation sites excluding steroid dienone is 1. The topological polar surface area (TPSA) is 0 Å². The molecule has 1 aliphatic rings. The van der Waals surface area contributed by atoms with E-state index in [-0.39, 0.29) is 0 Å². The van der Waals surface area contributed by atoms with Gasteiger partial charge in [-0.2, -0.15) is 0 Å². The summed E-state index contributed by atoms with van der Waals surface area (Å²) in [6.45, 7) is 5.61. The van der Waals surface area contributed by atoms with Gasteiger partial charge in [0.25, 0.3) is 0 Å². The highest BCUT2D eigenvalue weighted by Gasteiger charge is 2.07. The summed E-state index contributed by atoms with van der Waals surface area (Å²) in [4.78, 5) is 0. The van der Waals surface area contributed by atoms with Crippen molar-refractivity contribution in [2.45, 2.75) is 32.6 Å². The maximum absolute atomic E-state index is 3.43. The van der Waals surface area contributed by atoms with Crippen LogP contribution >= 0.6 is 15.9 Å². The molecule has 1 heteroatoms. The Morgan fingerprint density at radius 1 is 1.27 bits per heavy atom. The summed E-state index contributed by atoms with van der Waals surface area (Å²) in [7, 11) is 0. The summed E-state index contributed by atoms with van der Waals surface area (Å²) in [6, 6.07) is 6.86. The van der Waals surface area contributed by atoms with Crippen molar-refractivity contribution in [3.63, 3.8) is 0 Å². The minimum Gasteiger partial charge on any atom is -0.102 e. The predicted octanol–water partition coefficient (Wildman–Crippen LogP) is 4.44. The molecule has 1 aromatic rings. The van der Waals surface area contributed by atoms with Gasteiger partial charge in [0, 0.05) is 5.33 Å². The van der Waals surface area contributed by atoms with Crippen LogP contribution in [-0.2, 0) is 12.8 Å². The molecule has 0 radical (unpaired) electrons. The van der Waals surface area contributed by atoms with Crippen molar-refractivity contribution in [1.82, 2.24) is 0 Å². The Bertz CT molecular complexity index is 315. The standard InChI is InChI=1S/C11H14.C3H5Br/c1-9-6-7-10-4-2-3-5-11(10)8-9;1-2-3-4/h6-8H,2-5H2,1H3;2H,1,3H2. The molecule has 15 heavy (non-hydrogen) atoms. The molecule has 0 fully saturated rings. The molecule has 1 aliphatic carbocycles. The first-order valence-electron chi connectivity index (χ1n) is 5.53. The van der Waals surface area contributed by atoms with E-state index in [0.29, 0.717) is 0 Å². The average Bonchev–Trinajstić information content (AvgIpc) is 2.29. The molecule has 0 nitrogen and oxygen atoms in total. The minimum atomic E-state index is 0.896. The number of alkyl halides is 1. The van der Waals surface area contributed by atoms with Crippen LogP contribution in [0.15, 0.2) is 30.9 Å². The van der Waals surface area contributed by atoms with Crippen LogP contribution < -0.4 is 0 Å². The van der Waals surface area contributed by atoms with E-state index < -0.39 is 0 Å². The van der Waals surface area contributed by atoms with E-state index in [1.807, 2.05) is 0 Å². The van der Waals surface area contributed by atoms with Crippen molar-refractivity contribution in [2.24, 2.45) is 0 Å². The van der Waals surface area contributed by atoms with Crippen LogP contribution in [0.25, 0.3) is 0 Å². The van der Waals surface area contributed by atoms with E-state index in [4.69, 9.17) is 0 Å². The smallest absolute Gasteiger partial charge is 0.0209 e. The molecule has 82 valence electrons. The van der Waals surface area contributed by atoms with E-state index in [1.54, 1.807) is 17.2 Å². The van der Waals surface area contributed by atoms with Gasteiger partial charge in [0.2, 0.25) is 0 Å². The van der Waals surface area contributed by atoms with Gasteiger partial charge in [0.1, 0.15) is 0 Å². The van der Waals surface area contributed by atoms with Gasteiger partial charge in [-0.25, -0.2) is 0 Å². The van der Waals surface area contributed by atoms with E-state index in [0.717, 1.165) is 5.33 Å². The van der Waals surface area contributed by atoms with Crippen molar-refractivity contribution in [3.8, 4) is 0 Å². The first kappa shape index (κ1) is 12.5. The van der Waals surface area contributed by atoms with Crippen molar-refractivity contribution < 1.29 is 0 Å². The number of fused-ring (bicyclic) bond motifs is 1. The van der Waals surface area contributed by atoms with Crippen LogP contribution in [-0.4, -0.2) is 5.33 Å². The first-order valence-corrected chi connectivity index (χ1v) is 6.65. The van der Waals surface area contributed by atoms with Gasteiger partial charge in [0.15, 0.2) is 0 Å². The molecular formula is C14H19Br. The highest BCUT2D eigenvalue weighted by atomic mass is 79.9. The Morgan fingerprint density at radius 2 is 1.87 bits per heavy atom. The highest BCUT2D eigenvalue weighted by molar-refractivity contribution is 9.09. The van der Waals surface area contributed by atoms with Crippen LogP contribution in [0.4, 0.5) is 0 Å². The molecule has 0 aromatic heterocycles. The molecule has 0 heterocycles. The summed E-state index contributed by atoms with van der Waals surface area (Å²) in [5.74, 6) is 0. The molecule has 0 unspecified atom stereocenters. The molecule has 0 saturated heterocycles. The quantitative estimate of drug-likeness (QED) is 0.521. The van der Waals surface area contributed by atoms with Crippen molar-refractivity contribution >= 4 is 15.9 Å². The normalized spacial score (nSPS) is 13.5. The highest BCUT2D eigenvalue weighted by Crippen LogP contribution is 2.21. The maximum atomic E-state index is 3.43. The van der Waals surface area contributed by atoms with E-state index in [1.165, 1.54) is 31.2 Å². The van der Waals surface area contributed by atoms with E-state index in [9.17, 15) is 0 Å². The molecule has 2 rings (SSSR count). The summed E-state index contributed by atoms with van der Waals surface area (Å²) >= 11 is 3.13. The van der Waals surface area contributed by atoms with Crippen molar-refractivity contribution in [1.29, 1.82) is 0 Å². The molecule has 1 aromatic carbocycles. The Balaban J connectivity index is 0.000000245. The molecule has 0 N–H and O–H groups in total. The molecule has 0 aliphatic heterocycles. The SMILES string of the molecule is C=CCBr.Cc1ccc2c(c1)CCCC2. The summed E-state index contributed by atoms with van der Waals surface area (Å²) in [5, 5.41) is 0.896. The minimum absolute atomic E-state index is 0.896. The van der Waals surface area contributed by atoms with Gasteiger partial charge in [-0.1, -0.05) is 45.8 Å². The molecule has 0 spiro atoms. The molecule has 0 saturated carbocycles. The third kappa shape index (κ3) is 4.21. The fraction of sp³-hybridized carbons (Fsp3) is 0.429. The zero-order valence-electron chi connectivity index (χ0n) is 9.43. The van der Waals surface area contributed by atoms with Gasteiger partial charge in [-0.3, -0.25) is 0 Å². The monoisotopic (exact) mass is 266 g/mol. The Hall–Kier alpha value is -0.560. The molecule has 0 atom stereocenters. The van der Waals surface area contributed by atoms with E-state index in [2.05, 4.69) is 47.6 Å². The fourth-order valence-corrected chi connectivity index (χ4v) is 1.86. The fourth-order valence-electron chi connectivity index (χ4n) is 1.86. The average molecular weight is 267 g/mol. The van der Waals surface area contributed by atoms with Crippen LogP contribution in [0.1, 0.15) is 29.5 Å². The van der Waals surface area contributed by atoms with Crippen molar-refractivity contribution in [2.75, 3.05) is 5.33 Å². The van der Waals surface area contributed by atoms with Crippen LogP contribution in [0, 0.1) is 6.92 Å². The lowest BCUT2D eigenvalue weighted by atomic mass is 9.91. The van der Waals surface area contributed by atoms with Gasteiger partial charge < -0.3 is 0 Å². The number of benzene rings is 1. The largest absolute Gasteiger partial charge is 0.102 e. The van der Waals surface area contributed by atoms with Gasteiger partial charge in [-0.05, 0) is 43.7 Å². The number of halogens is 1. The van der Waals surface area contributed by atoms with Crippen LogP contribution in [0.5, 0.6) is 0 Å². The second-order valence-electron chi connectivity index (χ2n) is 3.92. The number of rotatable bonds is 1. The first-order chi connectivity index (χ1) is 7.27. The summed E-state index contributed by atoms with van der Waals surface area (Å²) in [5.41, 5.74) is 4.59. The number of aryl methyl sites for hydroxylation is 3. The number of hydrogen-bond acceptors (Lipinski definition) is 0. The van der Waals surface area contributed by atoms with Crippen LogP contribution in [0.2, 0.25) is 0 Å². The van der Waals surface area contributed by atoms with E-state index >= 15 is 0 Å². The zero-order chi connectivity index (χ0) is 11.1. The lowest BCUT2D eigenvalue weighted by Gasteiger charge is -2.15. The second-order valence-corrected chi connectivity index (χ2v) is 4.57. The Morgan fingerprint density at radius 3 is 2.47 bits per heavy atom.